The van der Waals surface area contributed by atoms with E-state index in [1.807, 2.05) is 55.1 Å². The van der Waals surface area contributed by atoms with Crippen molar-refractivity contribution in [3.05, 3.63) is 59.2 Å². The van der Waals surface area contributed by atoms with Crippen LogP contribution >= 0.6 is 0 Å². The monoisotopic (exact) mass is 427 g/mol. The number of amides is 1. The fraction of sp³-hybridized carbons (Fsp3) is 0.435. The van der Waals surface area contributed by atoms with E-state index in [0.717, 1.165) is 36.1 Å². The molecule has 0 radical (unpaired) electrons. The minimum atomic E-state index is -3.50. The number of aryl methyl sites for hydroxylation is 3. The molecule has 0 spiro atoms. The maximum absolute atomic E-state index is 13.1. The Bertz CT molecular complexity index is 1030. The molecule has 1 amide bonds. The summed E-state index contributed by atoms with van der Waals surface area (Å²) < 4.78 is 27.7. The summed E-state index contributed by atoms with van der Waals surface area (Å²) >= 11 is 0. The molecule has 1 atom stereocenters. The Hall–Kier alpha value is -2.22. The molecule has 0 unspecified atom stereocenters. The molecule has 7 heteroatoms. The highest BCUT2D eigenvalue weighted by Gasteiger charge is 2.32. The maximum Gasteiger partial charge on any atom is 0.243 e. The van der Waals surface area contributed by atoms with E-state index in [-0.39, 0.29) is 11.9 Å². The molecular formula is C23H29N3O3S. The summed E-state index contributed by atoms with van der Waals surface area (Å²) in [6.45, 7) is 5.72. The van der Waals surface area contributed by atoms with E-state index in [1.165, 1.54) is 5.56 Å². The lowest BCUT2D eigenvalue weighted by Gasteiger charge is -2.36. The van der Waals surface area contributed by atoms with Gasteiger partial charge >= 0.3 is 0 Å². The van der Waals surface area contributed by atoms with Gasteiger partial charge in [0.25, 0.3) is 0 Å². The third-order valence-electron chi connectivity index (χ3n) is 6.23. The van der Waals surface area contributed by atoms with Gasteiger partial charge in [0.05, 0.1) is 10.9 Å². The van der Waals surface area contributed by atoms with Crippen LogP contribution in [0, 0.1) is 6.92 Å². The first-order valence-corrected chi connectivity index (χ1v) is 12.0. The summed E-state index contributed by atoms with van der Waals surface area (Å²) in [7, 11) is -3.50. The SMILES string of the molecule is Cc1ccc(NC(=O)[C@@H](C)N2CCN(S(=O)(=O)c3ccc4c(c3)CCC4)CC2)cc1. The Labute approximate surface area is 178 Å². The number of rotatable bonds is 5. The molecule has 2 aromatic carbocycles. The van der Waals surface area contributed by atoms with Crippen LogP contribution in [0.1, 0.15) is 30.0 Å². The van der Waals surface area contributed by atoms with Crippen LogP contribution < -0.4 is 5.32 Å². The van der Waals surface area contributed by atoms with Gasteiger partial charge in [0.1, 0.15) is 0 Å². The van der Waals surface area contributed by atoms with Gasteiger partial charge < -0.3 is 5.32 Å². The van der Waals surface area contributed by atoms with Gasteiger partial charge in [0, 0.05) is 31.9 Å². The van der Waals surface area contributed by atoms with Gasteiger partial charge in [-0.2, -0.15) is 4.31 Å². The Kier molecular flexibility index (Phi) is 5.95. The molecule has 1 aliphatic heterocycles. The zero-order valence-electron chi connectivity index (χ0n) is 17.6. The highest BCUT2D eigenvalue weighted by molar-refractivity contribution is 7.89. The smallest absolute Gasteiger partial charge is 0.243 e. The minimum absolute atomic E-state index is 0.0752. The molecule has 160 valence electrons. The van der Waals surface area contributed by atoms with E-state index in [2.05, 4.69) is 5.32 Å². The molecule has 1 saturated heterocycles. The molecule has 1 aliphatic carbocycles. The number of piperazine rings is 1. The first kappa shape index (κ1) is 21.0. The lowest BCUT2D eigenvalue weighted by atomic mass is 10.1. The van der Waals surface area contributed by atoms with Crippen LogP contribution in [0.4, 0.5) is 5.69 Å². The minimum Gasteiger partial charge on any atom is -0.325 e. The van der Waals surface area contributed by atoms with E-state index in [9.17, 15) is 13.2 Å². The van der Waals surface area contributed by atoms with Gasteiger partial charge in [-0.3, -0.25) is 9.69 Å². The molecule has 2 aromatic rings. The summed E-state index contributed by atoms with van der Waals surface area (Å²) in [6.07, 6.45) is 3.09. The van der Waals surface area contributed by atoms with Crippen molar-refractivity contribution in [2.24, 2.45) is 0 Å². The molecule has 1 N–H and O–H groups in total. The average Bonchev–Trinajstić information content (AvgIpc) is 3.23. The number of carbonyl (C=O) groups is 1. The molecule has 6 nitrogen and oxygen atoms in total. The summed E-state index contributed by atoms with van der Waals surface area (Å²) in [5, 5.41) is 2.94. The van der Waals surface area contributed by atoms with Crippen LogP contribution in [0.3, 0.4) is 0 Å². The highest BCUT2D eigenvalue weighted by Crippen LogP contribution is 2.27. The number of hydrogen-bond donors (Lipinski definition) is 1. The fourth-order valence-corrected chi connectivity index (χ4v) is 5.71. The fourth-order valence-electron chi connectivity index (χ4n) is 4.24. The Morgan fingerprint density at radius 3 is 2.33 bits per heavy atom. The van der Waals surface area contributed by atoms with Crippen molar-refractivity contribution in [2.45, 2.75) is 44.0 Å². The van der Waals surface area contributed by atoms with Crippen molar-refractivity contribution in [1.82, 2.24) is 9.21 Å². The first-order valence-electron chi connectivity index (χ1n) is 10.6. The molecule has 2 aliphatic rings. The van der Waals surface area contributed by atoms with Crippen molar-refractivity contribution >= 4 is 21.6 Å². The number of hydrogen-bond acceptors (Lipinski definition) is 4. The van der Waals surface area contributed by atoms with Crippen molar-refractivity contribution in [3.63, 3.8) is 0 Å². The van der Waals surface area contributed by atoms with E-state index < -0.39 is 10.0 Å². The lowest BCUT2D eigenvalue weighted by Crippen LogP contribution is -2.53. The Balaban J connectivity index is 1.37. The third kappa shape index (κ3) is 4.29. The summed E-state index contributed by atoms with van der Waals surface area (Å²) in [5.41, 5.74) is 4.35. The zero-order chi connectivity index (χ0) is 21.3. The van der Waals surface area contributed by atoms with Gasteiger partial charge in [-0.1, -0.05) is 23.8 Å². The lowest BCUT2D eigenvalue weighted by molar-refractivity contribution is -0.121. The molecule has 1 heterocycles. The number of nitrogens with zero attached hydrogens (tertiary/aromatic N) is 2. The molecule has 0 saturated carbocycles. The standard InChI is InChI=1S/C23H29N3O3S/c1-17-6-9-21(10-7-17)24-23(27)18(2)25-12-14-26(15-13-25)30(28,29)22-11-8-19-4-3-5-20(19)16-22/h6-11,16,18H,3-5,12-15H2,1-2H3,(H,24,27)/t18-/m1/s1. The van der Waals surface area contributed by atoms with E-state index >= 15 is 0 Å². The molecule has 0 aromatic heterocycles. The third-order valence-corrected chi connectivity index (χ3v) is 8.12. The van der Waals surface area contributed by atoms with Crippen LogP contribution in [0.2, 0.25) is 0 Å². The summed E-state index contributed by atoms with van der Waals surface area (Å²) in [4.78, 5) is 15.1. The molecule has 30 heavy (non-hydrogen) atoms. The quantitative estimate of drug-likeness (QED) is 0.797. The normalized spacial score (nSPS) is 18.7. The number of anilines is 1. The van der Waals surface area contributed by atoms with Crippen LogP contribution in [-0.2, 0) is 27.7 Å². The predicted octanol–water partition coefficient (Wildman–Crippen LogP) is 2.82. The van der Waals surface area contributed by atoms with E-state index in [1.54, 1.807) is 10.4 Å². The maximum atomic E-state index is 13.1. The zero-order valence-corrected chi connectivity index (χ0v) is 18.4. The van der Waals surface area contributed by atoms with Gasteiger partial charge in [-0.05, 0) is 68.5 Å². The number of nitrogens with one attached hydrogen (secondary N) is 1. The second-order valence-electron chi connectivity index (χ2n) is 8.26. The van der Waals surface area contributed by atoms with E-state index in [0.29, 0.717) is 31.1 Å². The Morgan fingerprint density at radius 2 is 1.63 bits per heavy atom. The van der Waals surface area contributed by atoms with Gasteiger partial charge in [0.15, 0.2) is 0 Å². The molecule has 0 bridgehead atoms. The van der Waals surface area contributed by atoms with Crippen molar-refractivity contribution < 1.29 is 13.2 Å². The molecular weight excluding hydrogens is 398 g/mol. The first-order chi connectivity index (χ1) is 14.3. The molecule has 4 rings (SSSR count). The van der Waals surface area contributed by atoms with Gasteiger partial charge in [-0.15, -0.1) is 0 Å². The van der Waals surface area contributed by atoms with Crippen LogP contribution in [0.25, 0.3) is 0 Å². The van der Waals surface area contributed by atoms with Crippen LogP contribution in [0.15, 0.2) is 47.4 Å². The number of fused-ring (bicyclic) bond motifs is 1. The van der Waals surface area contributed by atoms with Gasteiger partial charge in [0.2, 0.25) is 15.9 Å². The highest BCUT2D eigenvalue weighted by atomic mass is 32.2. The topological polar surface area (TPSA) is 69.7 Å². The van der Waals surface area contributed by atoms with Crippen molar-refractivity contribution in [1.29, 1.82) is 0 Å². The summed E-state index contributed by atoms with van der Waals surface area (Å²) in [6, 6.07) is 12.9. The van der Waals surface area contributed by atoms with Crippen molar-refractivity contribution in [3.8, 4) is 0 Å². The predicted molar refractivity (Wildman–Crippen MR) is 118 cm³/mol. The van der Waals surface area contributed by atoms with Gasteiger partial charge in [-0.25, -0.2) is 8.42 Å². The molecule has 1 fully saturated rings. The van der Waals surface area contributed by atoms with Crippen molar-refractivity contribution in [2.75, 3.05) is 31.5 Å². The Morgan fingerprint density at radius 1 is 0.967 bits per heavy atom. The summed E-state index contributed by atoms with van der Waals surface area (Å²) in [5.74, 6) is -0.0752. The number of benzene rings is 2. The number of carbonyl (C=O) groups excluding carboxylic acids is 1. The second-order valence-corrected chi connectivity index (χ2v) is 10.2. The largest absolute Gasteiger partial charge is 0.325 e. The van der Waals surface area contributed by atoms with Crippen LogP contribution in [-0.4, -0.2) is 55.8 Å². The van der Waals surface area contributed by atoms with E-state index in [4.69, 9.17) is 0 Å². The average molecular weight is 428 g/mol. The van der Waals surface area contributed by atoms with Crippen LogP contribution in [0.5, 0.6) is 0 Å². The number of sulfonamides is 1. The second kappa shape index (κ2) is 8.49.